The van der Waals surface area contributed by atoms with Crippen LogP contribution in [0.5, 0.6) is 5.75 Å². The number of hydrogen-bond acceptors (Lipinski definition) is 4. The van der Waals surface area contributed by atoms with Crippen molar-refractivity contribution in [1.82, 2.24) is 0 Å². The number of carbonyl (C=O) groups is 1. The second kappa shape index (κ2) is 8.23. The molecule has 0 amide bonds. The number of halogens is 5. The van der Waals surface area contributed by atoms with Crippen molar-refractivity contribution in [2.75, 3.05) is 5.75 Å². The van der Waals surface area contributed by atoms with Crippen LogP contribution in [0.3, 0.4) is 0 Å². The van der Waals surface area contributed by atoms with E-state index in [-0.39, 0.29) is 6.42 Å². The van der Waals surface area contributed by atoms with Gasteiger partial charge in [0.15, 0.2) is 0 Å². The van der Waals surface area contributed by atoms with Crippen molar-refractivity contribution in [2.24, 2.45) is 0 Å². The molecule has 2 nitrogen and oxygen atoms in total. The maximum Gasteiger partial charge on any atom is 0.311 e. The minimum atomic E-state index is -2.29. The molecule has 1 atom stereocenters. The summed E-state index contributed by atoms with van der Waals surface area (Å²) in [6.45, 7) is 0. The van der Waals surface area contributed by atoms with Crippen molar-refractivity contribution in [3.8, 4) is 5.75 Å². The van der Waals surface area contributed by atoms with Gasteiger partial charge in [-0.3, -0.25) is 4.79 Å². The zero-order valence-corrected chi connectivity index (χ0v) is 13.5. The molecule has 2 rings (SSSR count). The fourth-order valence-electron chi connectivity index (χ4n) is 2.05. The topological polar surface area (TPSA) is 26.3 Å². The van der Waals surface area contributed by atoms with E-state index >= 15 is 0 Å². The minimum Gasteiger partial charge on any atom is -0.420 e. The number of hydrogen-bond donors (Lipinski definition) is 0. The number of esters is 1. The van der Waals surface area contributed by atoms with Gasteiger partial charge in [-0.2, -0.15) is 8.78 Å². The SMILES string of the molecule is O=C(CCCC[C@@H]1CCSS1)Oc1c(F)c(F)c(F)c(F)c1F. The standard InChI is InChI=1S/C14H13F5O2S2/c15-9-10(16)12(18)14(13(19)11(9)17)21-8(20)4-2-1-3-7-5-6-22-23-7/h7H,1-6H2/t7-/m1/s1. The molecule has 0 unspecified atom stereocenters. The third kappa shape index (κ3) is 4.53. The summed E-state index contributed by atoms with van der Waals surface area (Å²) < 4.78 is 69.8. The molecule has 23 heavy (non-hydrogen) atoms. The third-order valence-electron chi connectivity index (χ3n) is 3.27. The lowest BCUT2D eigenvalue weighted by Crippen LogP contribution is -2.13. The van der Waals surface area contributed by atoms with Gasteiger partial charge in [0.05, 0.1) is 0 Å². The zero-order chi connectivity index (χ0) is 17.0. The number of benzene rings is 1. The molecule has 128 valence electrons. The summed E-state index contributed by atoms with van der Waals surface area (Å²) in [5.74, 6) is -12.3. The molecule has 1 fully saturated rings. The molecule has 1 saturated heterocycles. The molecule has 1 aliphatic rings. The van der Waals surface area contributed by atoms with E-state index in [4.69, 9.17) is 0 Å². The summed E-state index contributed by atoms with van der Waals surface area (Å²) in [4.78, 5) is 11.5. The lowest BCUT2D eigenvalue weighted by Gasteiger charge is -2.09. The van der Waals surface area contributed by atoms with E-state index in [2.05, 4.69) is 4.74 Å². The van der Waals surface area contributed by atoms with E-state index in [0.717, 1.165) is 25.0 Å². The van der Waals surface area contributed by atoms with E-state index < -0.39 is 40.8 Å². The van der Waals surface area contributed by atoms with Gasteiger partial charge in [0.25, 0.3) is 0 Å². The van der Waals surface area contributed by atoms with Crippen LogP contribution < -0.4 is 4.74 Å². The van der Waals surface area contributed by atoms with E-state index in [0.29, 0.717) is 11.7 Å². The number of carbonyl (C=O) groups excluding carboxylic acids is 1. The number of unbranched alkanes of at least 4 members (excludes halogenated alkanes) is 1. The monoisotopic (exact) mass is 372 g/mol. The summed E-state index contributed by atoms with van der Waals surface area (Å²) in [7, 11) is 3.59. The van der Waals surface area contributed by atoms with E-state index in [1.165, 1.54) is 0 Å². The molecule has 0 N–H and O–H groups in total. The molecule has 1 aliphatic heterocycles. The Bertz CT molecular complexity index is 562. The van der Waals surface area contributed by atoms with Crippen LogP contribution in [0, 0.1) is 29.1 Å². The van der Waals surface area contributed by atoms with Gasteiger partial charge in [-0.05, 0) is 19.3 Å². The fraction of sp³-hybridized carbons (Fsp3) is 0.500. The highest BCUT2D eigenvalue weighted by Gasteiger charge is 2.28. The molecular weight excluding hydrogens is 359 g/mol. The zero-order valence-electron chi connectivity index (χ0n) is 11.8. The number of rotatable bonds is 6. The lowest BCUT2D eigenvalue weighted by molar-refractivity contribution is -0.135. The Kier molecular flexibility index (Phi) is 6.58. The summed E-state index contributed by atoms with van der Waals surface area (Å²) in [5, 5.41) is 0.534. The first kappa shape index (κ1) is 18.4. The molecule has 0 spiro atoms. The Balaban J connectivity index is 1.87. The van der Waals surface area contributed by atoms with Crippen LogP contribution in [-0.4, -0.2) is 17.0 Å². The Morgan fingerprint density at radius 1 is 1.00 bits per heavy atom. The van der Waals surface area contributed by atoms with Gasteiger partial charge in [-0.15, -0.1) is 0 Å². The average Bonchev–Trinajstić information content (AvgIpc) is 3.05. The lowest BCUT2D eigenvalue weighted by atomic mass is 10.1. The molecule has 0 radical (unpaired) electrons. The van der Waals surface area contributed by atoms with Crippen LogP contribution in [0.1, 0.15) is 32.1 Å². The van der Waals surface area contributed by atoms with Crippen molar-refractivity contribution in [3.63, 3.8) is 0 Å². The summed E-state index contributed by atoms with van der Waals surface area (Å²) in [5.41, 5.74) is 0. The van der Waals surface area contributed by atoms with E-state index in [1.54, 1.807) is 21.6 Å². The first-order valence-electron chi connectivity index (χ1n) is 6.92. The van der Waals surface area contributed by atoms with Gasteiger partial charge < -0.3 is 4.74 Å². The normalized spacial score (nSPS) is 17.5. The summed E-state index contributed by atoms with van der Waals surface area (Å²) in [6.07, 6.45) is 3.02. The second-order valence-corrected chi connectivity index (χ2v) is 7.74. The fourth-order valence-corrected chi connectivity index (χ4v) is 5.07. The van der Waals surface area contributed by atoms with Crippen LogP contribution in [0.25, 0.3) is 0 Å². The van der Waals surface area contributed by atoms with Crippen molar-refractivity contribution < 1.29 is 31.5 Å². The first-order chi connectivity index (χ1) is 10.9. The van der Waals surface area contributed by atoms with Crippen LogP contribution in [0.15, 0.2) is 0 Å². The number of ether oxygens (including phenoxy) is 1. The van der Waals surface area contributed by atoms with Gasteiger partial charge in [0.1, 0.15) is 0 Å². The van der Waals surface area contributed by atoms with Crippen LogP contribution in [0.4, 0.5) is 22.0 Å². The van der Waals surface area contributed by atoms with Gasteiger partial charge in [-0.25, -0.2) is 13.2 Å². The van der Waals surface area contributed by atoms with Crippen molar-refractivity contribution >= 4 is 27.6 Å². The average molecular weight is 372 g/mol. The molecule has 1 aromatic rings. The quantitative estimate of drug-likeness (QED) is 0.134. The van der Waals surface area contributed by atoms with Crippen LogP contribution >= 0.6 is 21.6 Å². The van der Waals surface area contributed by atoms with Gasteiger partial charge in [0, 0.05) is 17.4 Å². The van der Waals surface area contributed by atoms with Crippen LogP contribution in [0.2, 0.25) is 0 Å². The highest BCUT2D eigenvalue weighted by Crippen LogP contribution is 2.40. The van der Waals surface area contributed by atoms with Crippen molar-refractivity contribution in [3.05, 3.63) is 29.1 Å². The molecule has 0 bridgehead atoms. The molecule has 0 aromatic heterocycles. The maximum absolute atomic E-state index is 13.4. The van der Waals surface area contributed by atoms with E-state index in [9.17, 15) is 26.7 Å². The van der Waals surface area contributed by atoms with Crippen molar-refractivity contribution in [2.45, 2.75) is 37.4 Å². The highest BCUT2D eigenvalue weighted by molar-refractivity contribution is 8.77. The van der Waals surface area contributed by atoms with Gasteiger partial charge >= 0.3 is 5.97 Å². The first-order valence-corrected chi connectivity index (χ1v) is 9.30. The predicted molar refractivity (Wildman–Crippen MR) is 78.8 cm³/mol. The Hall–Kier alpha value is -0.960. The molecule has 9 heteroatoms. The van der Waals surface area contributed by atoms with Gasteiger partial charge in [0.2, 0.25) is 34.8 Å². The van der Waals surface area contributed by atoms with E-state index in [1.807, 2.05) is 0 Å². The predicted octanol–water partition coefficient (Wildman–Crippen LogP) is 5.00. The largest absolute Gasteiger partial charge is 0.420 e. The molecule has 0 saturated carbocycles. The molecule has 1 aromatic carbocycles. The maximum atomic E-state index is 13.4. The van der Waals surface area contributed by atoms with Gasteiger partial charge in [-0.1, -0.05) is 28.0 Å². The third-order valence-corrected chi connectivity index (χ3v) is 6.28. The molecular formula is C14H13F5O2S2. The van der Waals surface area contributed by atoms with Crippen molar-refractivity contribution in [1.29, 1.82) is 0 Å². The molecule has 1 heterocycles. The highest BCUT2D eigenvalue weighted by atomic mass is 33.1. The Labute approximate surface area is 137 Å². The Morgan fingerprint density at radius 2 is 1.61 bits per heavy atom. The molecule has 0 aliphatic carbocycles. The van der Waals surface area contributed by atoms with Crippen LogP contribution in [-0.2, 0) is 4.79 Å². The second-order valence-electron chi connectivity index (χ2n) is 4.95. The Morgan fingerprint density at radius 3 is 2.17 bits per heavy atom. The smallest absolute Gasteiger partial charge is 0.311 e. The summed E-state index contributed by atoms with van der Waals surface area (Å²) >= 11 is 0. The summed E-state index contributed by atoms with van der Waals surface area (Å²) in [6, 6.07) is 0. The minimum absolute atomic E-state index is 0.149.